The van der Waals surface area contributed by atoms with E-state index in [1.807, 2.05) is 6.92 Å². The Hall–Kier alpha value is -2.13. The summed E-state index contributed by atoms with van der Waals surface area (Å²) >= 11 is 1.11. The summed E-state index contributed by atoms with van der Waals surface area (Å²) in [6.45, 7) is 2.60. The highest BCUT2D eigenvalue weighted by Gasteiger charge is 2.28. The van der Waals surface area contributed by atoms with Gasteiger partial charge >= 0.3 is 10.8 Å². The first-order chi connectivity index (χ1) is 11.9. The minimum Gasteiger partial charge on any atom is -0.460 e. The lowest BCUT2D eigenvalue weighted by atomic mass is 10.2. The highest BCUT2D eigenvalue weighted by molar-refractivity contribution is 7.93. The van der Waals surface area contributed by atoms with Crippen molar-refractivity contribution in [3.63, 3.8) is 0 Å². The van der Waals surface area contributed by atoms with E-state index in [0.717, 1.165) is 17.0 Å². The van der Waals surface area contributed by atoms with Crippen molar-refractivity contribution in [2.75, 3.05) is 23.2 Å². The molecular weight excluding hydrogens is 364 g/mol. The first-order valence-electron chi connectivity index (χ1n) is 7.81. The number of aromatic nitrogens is 1. The minimum atomic E-state index is -3.29. The third-order valence-electron chi connectivity index (χ3n) is 3.99. The first kappa shape index (κ1) is 17.7. The number of hydrogen-bond donors (Lipinski definition) is 0. The average Bonchev–Trinajstić information content (AvgIpc) is 3.10. The Labute approximate surface area is 149 Å². The summed E-state index contributed by atoms with van der Waals surface area (Å²) in [5.74, 6) is -0.421. The maximum Gasteiger partial charge on any atom is 0.338 e. The maximum atomic E-state index is 12.2. The number of nitrogens with zero attached hydrogens (tertiary/aromatic N) is 2. The van der Waals surface area contributed by atoms with Gasteiger partial charge < -0.3 is 4.74 Å². The highest BCUT2D eigenvalue weighted by Crippen LogP contribution is 2.24. The zero-order chi connectivity index (χ0) is 18.0. The molecule has 3 rings (SSSR count). The fraction of sp³-hybridized carbons (Fsp3) is 0.375. The smallest absolute Gasteiger partial charge is 0.338 e. The van der Waals surface area contributed by atoms with Gasteiger partial charge in [-0.2, -0.15) is 0 Å². The van der Waals surface area contributed by atoms with E-state index in [-0.39, 0.29) is 22.8 Å². The van der Waals surface area contributed by atoms with Crippen LogP contribution in [0.1, 0.15) is 22.5 Å². The Morgan fingerprint density at radius 3 is 2.80 bits per heavy atom. The quantitative estimate of drug-likeness (QED) is 0.734. The van der Waals surface area contributed by atoms with Gasteiger partial charge in [-0.05, 0) is 31.5 Å². The topological polar surface area (TPSA) is 85.7 Å². The summed E-state index contributed by atoms with van der Waals surface area (Å²) in [4.78, 5) is 23.7. The Morgan fingerprint density at radius 1 is 1.36 bits per heavy atom. The van der Waals surface area contributed by atoms with Gasteiger partial charge in [0.05, 0.1) is 23.5 Å². The average molecular weight is 382 g/mol. The molecule has 134 valence electrons. The summed E-state index contributed by atoms with van der Waals surface area (Å²) in [5, 5.41) is 1.75. The molecule has 0 amide bonds. The number of ether oxygens (including phenoxy) is 1. The molecule has 0 saturated carbocycles. The predicted molar refractivity (Wildman–Crippen MR) is 95.8 cm³/mol. The number of carbonyl (C=O) groups is 1. The molecule has 9 heteroatoms. The van der Waals surface area contributed by atoms with Gasteiger partial charge in [0.25, 0.3) is 0 Å². The number of rotatable bonds is 5. The Balaban J connectivity index is 1.67. The molecular formula is C16H18N2O5S2. The van der Waals surface area contributed by atoms with Crippen LogP contribution < -0.4 is 9.18 Å². The van der Waals surface area contributed by atoms with Crippen LogP contribution in [0.3, 0.4) is 0 Å². The summed E-state index contributed by atoms with van der Waals surface area (Å²) in [7, 11) is -3.29. The molecule has 25 heavy (non-hydrogen) atoms. The summed E-state index contributed by atoms with van der Waals surface area (Å²) < 4.78 is 32.1. The van der Waals surface area contributed by atoms with Gasteiger partial charge in [0.1, 0.15) is 6.61 Å². The number of esters is 1. The normalized spacial score (nSPS) is 16.1. The van der Waals surface area contributed by atoms with Gasteiger partial charge in [-0.15, -0.1) is 0 Å². The van der Waals surface area contributed by atoms with Crippen molar-refractivity contribution in [2.24, 2.45) is 0 Å². The lowest BCUT2D eigenvalue weighted by Crippen LogP contribution is -2.25. The fourth-order valence-corrected chi connectivity index (χ4v) is 5.02. The Morgan fingerprint density at radius 2 is 2.16 bits per heavy atom. The fourth-order valence-electron chi connectivity index (χ4n) is 2.71. The third-order valence-corrected chi connectivity index (χ3v) is 6.74. The number of aryl methyl sites for hydroxylation is 1. The van der Waals surface area contributed by atoms with Crippen LogP contribution in [0.4, 0.5) is 5.69 Å². The van der Waals surface area contributed by atoms with Crippen LogP contribution in [0.15, 0.2) is 34.4 Å². The first-order valence-corrected chi connectivity index (χ1v) is 10.3. The van der Waals surface area contributed by atoms with Crippen molar-refractivity contribution in [3.05, 3.63) is 50.6 Å². The van der Waals surface area contributed by atoms with Crippen molar-refractivity contribution in [1.82, 2.24) is 4.57 Å². The number of hydrogen-bond acceptors (Lipinski definition) is 6. The van der Waals surface area contributed by atoms with Crippen molar-refractivity contribution >= 4 is 33.0 Å². The van der Waals surface area contributed by atoms with Gasteiger partial charge in [0.15, 0.2) is 0 Å². The van der Waals surface area contributed by atoms with Crippen LogP contribution in [0.25, 0.3) is 0 Å². The lowest BCUT2D eigenvalue weighted by Gasteiger charge is -2.17. The molecule has 2 heterocycles. The van der Waals surface area contributed by atoms with E-state index in [0.29, 0.717) is 25.2 Å². The molecule has 0 bridgehead atoms. The summed E-state index contributed by atoms with van der Waals surface area (Å²) in [6, 6.07) is 6.39. The highest BCUT2D eigenvalue weighted by atomic mass is 32.2. The van der Waals surface area contributed by atoms with E-state index in [1.54, 1.807) is 28.1 Å². The van der Waals surface area contributed by atoms with Crippen molar-refractivity contribution in [3.8, 4) is 0 Å². The van der Waals surface area contributed by atoms with Crippen LogP contribution in [-0.4, -0.2) is 37.9 Å². The van der Waals surface area contributed by atoms with E-state index < -0.39 is 16.0 Å². The van der Waals surface area contributed by atoms with Gasteiger partial charge in [-0.1, -0.05) is 17.4 Å². The van der Waals surface area contributed by atoms with Crippen molar-refractivity contribution in [1.29, 1.82) is 0 Å². The van der Waals surface area contributed by atoms with Crippen molar-refractivity contribution in [2.45, 2.75) is 19.9 Å². The summed E-state index contributed by atoms with van der Waals surface area (Å²) in [5.41, 5.74) is 1.58. The number of sulfonamides is 1. The zero-order valence-electron chi connectivity index (χ0n) is 13.7. The molecule has 2 aromatic rings. The van der Waals surface area contributed by atoms with Gasteiger partial charge in [-0.25, -0.2) is 13.2 Å². The lowest BCUT2D eigenvalue weighted by molar-refractivity contribution is 0.0490. The molecule has 0 radical (unpaired) electrons. The third kappa shape index (κ3) is 3.77. The van der Waals surface area contributed by atoms with Crippen LogP contribution in [0.2, 0.25) is 0 Å². The molecule has 1 aromatic carbocycles. The van der Waals surface area contributed by atoms with Crippen LogP contribution in [0.5, 0.6) is 0 Å². The zero-order valence-corrected chi connectivity index (χ0v) is 15.3. The van der Waals surface area contributed by atoms with Crippen LogP contribution in [0, 0.1) is 6.92 Å². The monoisotopic (exact) mass is 382 g/mol. The molecule has 0 atom stereocenters. The Kier molecular flexibility index (Phi) is 4.96. The van der Waals surface area contributed by atoms with E-state index in [9.17, 15) is 18.0 Å². The van der Waals surface area contributed by atoms with Gasteiger partial charge in [0, 0.05) is 17.6 Å². The second kappa shape index (κ2) is 7.01. The molecule has 0 spiro atoms. The van der Waals surface area contributed by atoms with Crippen molar-refractivity contribution < 1.29 is 17.9 Å². The molecule has 1 aliphatic heterocycles. The molecule has 0 N–H and O–H groups in total. The van der Waals surface area contributed by atoms with Crippen LogP contribution >= 0.6 is 11.3 Å². The molecule has 1 saturated heterocycles. The second-order valence-electron chi connectivity index (χ2n) is 5.72. The maximum absolute atomic E-state index is 12.2. The number of thiazole rings is 1. The predicted octanol–water partition coefficient (Wildman–Crippen LogP) is 1.62. The molecule has 1 fully saturated rings. The molecule has 1 aliphatic rings. The van der Waals surface area contributed by atoms with E-state index >= 15 is 0 Å². The largest absolute Gasteiger partial charge is 0.460 e. The van der Waals surface area contributed by atoms with E-state index in [4.69, 9.17) is 4.74 Å². The van der Waals surface area contributed by atoms with E-state index in [1.165, 1.54) is 10.4 Å². The molecule has 0 aliphatic carbocycles. The standard InChI is InChI=1S/C16H18N2O5S2/c1-12-11-24-16(20)17(12)7-8-23-15(19)13-4-2-5-14(10-13)18-6-3-9-25(18,21)22/h2,4-5,10-11H,3,6-9H2,1H3. The summed E-state index contributed by atoms with van der Waals surface area (Å²) in [6.07, 6.45) is 0.575. The van der Waals surface area contributed by atoms with Gasteiger partial charge in [-0.3, -0.25) is 13.7 Å². The minimum absolute atomic E-state index is 0.0720. The van der Waals surface area contributed by atoms with Crippen LogP contribution in [-0.2, 0) is 21.3 Å². The number of benzene rings is 1. The number of anilines is 1. The second-order valence-corrected chi connectivity index (χ2v) is 8.56. The molecule has 7 nitrogen and oxygen atoms in total. The SMILES string of the molecule is Cc1csc(=O)n1CCOC(=O)c1cccc(N2CCCS2(=O)=O)c1. The van der Waals surface area contributed by atoms with Gasteiger partial charge in [0.2, 0.25) is 10.0 Å². The Bertz CT molecular complexity index is 945. The molecule has 0 unspecified atom stereocenters. The number of carbonyl (C=O) groups excluding carboxylic acids is 1. The van der Waals surface area contributed by atoms with E-state index in [2.05, 4.69) is 0 Å². The molecule has 1 aromatic heterocycles.